The van der Waals surface area contributed by atoms with Crippen LogP contribution in [0.2, 0.25) is 0 Å². The Bertz CT molecular complexity index is 646. The molecule has 0 saturated heterocycles. The van der Waals surface area contributed by atoms with E-state index in [9.17, 15) is 10.0 Å². The van der Waals surface area contributed by atoms with E-state index in [2.05, 4.69) is 5.32 Å². The van der Waals surface area contributed by atoms with Gasteiger partial charge in [0.05, 0.1) is 19.6 Å². The van der Waals surface area contributed by atoms with Crippen LogP contribution in [0.3, 0.4) is 0 Å². The van der Waals surface area contributed by atoms with Crippen LogP contribution in [-0.4, -0.2) is 19.6 Å². The minimum absolute atomic E-state index is 0.0697. The lowest BCUT2D eigenvalue weighted by molar-refractivity contribution is -0.592. The Kier molecular flexibility index (Phi) is 3.22. The van der Waals surface area contributed by atoms with Gasteiger partial charge in [-0.25, -0.2) is 0 Å². The second kappa shape index (κ2) is 5.03. The molecule has 0 bridgehead atoms. The lowest BCUT2D eigenvalue weighted by atomic mass is 10.3. The SMILES string of the molecule is COc1ccc2oc(CCNC(=O)C3CC3)[n+]([O-])c2c1. The van der Waals surface area contributed by atoms with Gasteiger partial charge in [0.1, 0.15) is 5.75 Å². The highest BCUT2D eigenvalue weighted by Gasteiger charge is 2.29. The Morgan fingerprint density at radius 1 is 1.55 bits per heavy atom. The van der Waals surface area contributed by atoms with Crippen molar-refractivity contribution in [2.75, 3.05) is 13.7 Å². The lowest BCUT2D eigenvalue weighted by Gasteiger charge is -2.01. The summed E-state index contributed by atoms with van der Waals surface area (Å²) >= 11 is 0. The average molecular weight is 276 g/mol. The first-order valence-corrected chi connectivity index (χ1v) is 6.65. The second-order valence-electron chi connectivity index (χ2n) is 4.94. The first-order chi connectivity index (χ1) is 9.69. The number of amides is 1. The molecule has 0 radical (unpaired) electrons. The summed E-state index contributed by atoms with van der Waals surface area (Å²) in [4.78, 5) is 11.5. The molecule has 0 atom stereocenters. The summed E-state index contributed by atoms with van der Waals surface area (Å²) in [5.74, 6) is 1.15. The molecule has 1 N–H and O–H groups in total. The van der Waals surface area contributed by atoms with Crippen molar-refractivity contribution in [1.82, 2.24) is 5.32 Å². The molecule has 1 fully saturated rings. The Morgan fingerprint density at radius 2 is 2.35 bits per heavy atom. The normalized spacial score (nSPS) is 14.4. The number of carbonyl (C=O) groups excluding carboxylic acids is 1. The number of benzene rings is 1. The molecule has 0 spiro atoms. The Labute approximate surface area is 115 Å². The summed E-state index contributed by atoms with van der Waals surface area (Å²) in [6.07, 6.45) is 2.31. The lowest BCUT2D eigenvalue weighted by Crippen LogP contribution is -2.33. The van der Waals surface area contributed by atoms with Crippen molar-refractivity contribution in [2.45, 2.75) is 19.3 Å². The number of fused-ring (bicyclic) bond motifs is 1. The molecule has 1 amide bonds. The number of hydrogen-bond donors (Lipinski definition) is 1. The van der Waals surface area contributed by atoms with Gasteiger partial charge in [-0.15, -0.1) is 4.73 Å². The van der Waals surface area contributed by atoms with Crippen LogP contribution in [0.15, 0.2) is 22.6 Å². The van der Waals surface area contributed by atoms with Crippen LogP contribution < -0.4 is 14.8 Å². The molecule has 1 aliphatic rings. The highest BCUT2D eigenvalue weighted by Crippen LogP contribution is 2.28. The van der Waals surface area contributed by atoms with Gasteiger partial charge in [0.15, 0.2) is 0 Å². The van der Waals surface area contributed by atoms with E-state index in [0.29, 0.717) is 35.7 Å². The number of rotatable bonds is 5. The molecule has 6 nitrogen and oxygen atoms in total. The fourth-order valence-electron chi connectivity index (χ4n) is 2.11. The number of ether oxygens (including phenoxy) is 1. The van der Waals surface area contributed by atoms with E-state index in [1.807, 2.05) is 0 Å². The van der Waals surface area contributed by atoms with E-state index in [-0.39, 0.29) is 11.8 Å². The van der Waals surface area contributed by atoms with Crippen molar-refractivity contribution < 1.29 is 18.7 Å². The van der Waals surface area contributed by atoms with Gasteiger partial charge in [0.2, 0.25) is 11.5 Å². The topological polar surface area (TPSA) is 78.4 Å². The van der Waals surface area contributed by atoms with Crippen molar-refractivity contribution in [1.29, 1.82) is 0 Å². The van der Waals surface area contributed by atoms with Gasteiger partial charge in [0.25, 0.3) is 5.52 Å². The summed E-state index contributed by atoms with van der Waals surface area (Å²) in [6.45, 7) is 0.411. The summed E-state index contributed by atoms with van der Waals surface area (Å²) in [5.41, 5.74) is 0.956. The quantitative estimate of drug-likeness (QED) is 0.656. The Morgan fingerprint density at radius 3 is 3.05 bits per heavy atom. The van der Waals surface area contributed by atoms with E-state index < -0.39 is 0 Å². The summed E-state index contributed by atoms with van der Waals surface area (Å²) in [6, 6.07) is 5.08. The minimum Gasteiger partial charge on any atom is -0.616 e. The molecular formula is C14H16N2O4. The maximum atomic E-state index is 12.1. The third kappa shape index (κ3) is 2.41. The molecule has 1 saturated carbocycles. The molecule has 1 aliphatic carbocycles. The number of hydrogen-bond acceptors (Lipinski definition) is 4. The van der Waals surface area contributed by atoms with Gasteiger partial charge in [-0.05, 0) is 25.0 Å². The van der Waals surface area contributed by atoms with Crippen LogP contribution in [0.1, 0.15) is 18.7 Å². The smallest absolute Gasteiger partial charge is 0.361 e. The predicted octanol–water partition coefficient (Wildman–Crippen LogP) is 1.14. The zero-order chi connectivity index (χ0) is 14.1. The van der Waals surface area contributed by atoms with Gasteiger partial charge in [0, 0.05) is 12.5 Å². The number of aromatic nitrogens is 1. The summed E-state index contributed by atoms with van der Waals surface area (Å²) in [5, 5.41) is 14.9. The van der Waals surface area contributed by atoms with Crippen LogP contribution in [0, 0.1) is 11.1 Å². The number of oxazole rings is 1. The van der Waals surface area contributed by atoms with Gasteiger partial charge < -0.3 is 19.7 Å². The molecule has 20 heavy (non-hydrogen) atoms. The molecule has 1 heterocycles. The standard InChI is InChI=1S/C14H16N2O4/c1-19-10-4-5-12-11(8-10)16(18)13(20-12)6-7-15-14(17)9-2-3-9/h4-5,8-9H,2-3,6-7H2,1H3,(H,15,17). The highest BCUT2D eigenvalue weighted by molar-refractivity contribution is 5.80. The van der Waals surface area contributed by atoms with Crippen molar-refractivity contribution in [3.8, 4) is 5.75 Å². The Balaban J connectivity index is 1.71. The van der Waals surface area contributed by atoms with Gasteiger partial charge in [-0.3, -0.25) is 4.79 Å². The molecule has 0 unspecified atom stereocenters. The monoisotopic (exact) mass is 276 g/mol. The van der Waals surface area contributed by atoms with E-state index >= 15 is 0 Å². The van der Waals surface area contributed by atoms with Crippen molar-refractivity contribution in [3.63, 3.8) is 0 Å². The predicted molar refractivity (Wildman–Crippen MR) is 71.2 cm³/mol. The minimum atomic E-state index is 0.0697. The molecule has 0 aliphatic heterocycles. The van der Waals surface area contributed by atoms with E-state index in [0.717, 1.165) is 17.6 Å². The molecule has 1 aromatic carbocycles. The van der Waals surface area contributed by atoms with Crippen LogP contribution >= 0.6 is 0 Å². The fraction of sp³-hybridized carbons (Fsp3) is 0.429. The largest absolute Gasteiger partial charge is 0.616 e. The number of methoxy groups -OCH3 is 1. The zero-order valence-corrected chi connectivity index (χ0v) is 11.2. The van der Waals surface area contributed by atoms with Gasteiger partial charge in [-0.2, -0.15) is 0 Å². The average Bonchev–Trinajstić information content (AvgIpc) is 3.26. The van der Waals surface area contributed by atoms with Gasteiger partial charge >= 0.3 is 5.89 Å². The third-order valence-corrected chi connectivity index (χ3v) is 3.43. The van der Waals surface area contributed by atoms with Crippen molar-refractivity contribution in [3.05, 3.63) is 29.3 Å². The molecular weight excluding hydrogens is 260 g/mol. The van der Waals surface area contributed by atoms with Crippen LogP contribution in [-0.2, 0) is 11.2 Å². The number of nitrogens with zero attached hydrogens (tertiary/aromatic N) is 1. The summed E-state index contributed by atoms with van der Waals surface area (Å²) in [7, 11) is 1.55. The molecule has 6 heteroatoms. The molecule has 2 aromatic rings. The number of carbonyl (C=O) groups is 1. The van der Waals surface area contributed by atoms with Crippen molar-refractivity contribution in [2.24, 2.45) is 5.92 Å². The van der Waals surface area contributed by atoms with Crippen molar-refractivity contribution >= 4 is 17.0 Å². The van der Waals surface area contributed by atoms with Crippen LogP contribution in [0.25, 0.3) is 11.1 Å². The maximum absolute atomic E-state index is 12.1. The molecule has 1 aromatic heterocycles. The van der Waals surface area contributed by atoms with E-state index in [4.69, 9.17) is 9.15 Å². The first kappa shape index (κ1) is 12.8. The van der Waals surface area contributed by atoms with E-state index in [1.165, 1.54) is 0 Å². The second-order valence-corrected chi connectivity index (χ2v) is 4.94. The molecule has 3 rings (SSSR count). The summed E-state index contributed by atoms with van der Waals surface area (Å²) < 4.78 is 11.3. The molecule has 106 valence electrons. The highest BCUT2D eigenvalue weighted by atomic mass is 16.5. The van der Waals surface area contributed by atoms with Gasteiger partial charge in [-0.1, -0.05) is 0 Å². The van der Waals surface area contributed by atoms with E-state index in [1.54, 1.807) is 25.3 Å². The number of nitrogens with one attached hydrogen (secondary N) is 1. The maximum Gasteiger partial charge on any atom is 0.361 e. The fourth-order valence-corrected chi connectivity index (χ4v) is 2.11. The zero-order valence-electron chi connectivity index (χ0n) is 11.2. The Hall–Kier alpha value is -2.24. The third-order valence-electron chi connectivity index (χ3n) is 3.43. The van der Waals surface area contributed by atoms with Crippen LogP contribution in [0.4, 0.5) is 0 Å². The van der Waals surface area contributed by atoms with Crippen LogP contribution in [0.5, 0.6) is 5.75 Å². The first-order valence-electron chi connectivity index (χ1n) is 6.65.